The van der Waals surface area contributed by atoms with Crippen LogP contribution in [-0.2, 0) is 0 Å². The van der Waals surface area contributed by atoms with Crippen LogP contribution >= 0.6 is 0 Å². The molecule has 1 unspecified atom stereocenters. The van der Waals surface area contributed by atoms with Crippen LogP contribution in [0.2, 0.25) is 0 Å². The summed E-state index contributed by atoms with van der Waals surface area (Å²) in [5.41, 5.74) is 1.45. The van der Waals surface area contributed by atoms with Gasteiger partial charge in [0.15, 0.2) is 0 Å². The minimum absolute atomic E-state index is 0.609. The molecule has 1 N–H and O–H groups in total. The van der Waals surface area contributed by atoms with Crippen LogP contribution in [0.4, 0.5) is 0 Å². The van der Waals surface area contributed by atoms with Crippen molar-refractivity contribution >= 4 is 0 Å². The highest BCUT2D eigenvalue weighted by atomic mass is 15.1. The molecule has 1 aromatic rings. The van der Waals surface area contributed by atoms with Gasteiger partial charge in [-0.1, -0.05) is 51.1 Å². The lowest BCUT2D eigenvalue weighted by atomic mass is 9.88. The van der Waals surface area contributed by atoms with E-state index in [0.717, 1.165) is 26.2 Å². The molecule has 2 heteroatoms. The van der Waals surface area contributed by atoms with Gasteiger partial charge in [0, 0.05) is 19.6 Å². The maximum Gasteiger partial charge on any atom is 0.0104 e. The molecule has 1 aromatic carbocycles. The summed E-state index contributed by atoms with van der Waals surface area (Å²) in [6, 6.07) is 10.8. The molecule has 0 heterocycles. The molecule has 0 amide bonds. The lowest BCUT2D eigenvalue weighted by Crippen LogP contribution is -2.32. The average Bonchev–Trinajstić information content (AvgIpc) is 2.38. The van der Waals surface area contributed by atoms with Crippen LogP contribution in [-0.4, -0.2) is 38.1 Å². The van der Waals surface area contributed by atoms with Crippen molar-refractivity contribution in [3.8, 4) is 0 Å². The Bertz CT molecular complexity index is 308. The van der Waals surface area contributed by atoms with E-state index in [2.05, 4.69) is 68.4 Å². The Balaban J connectivity index is 2.40. The maximum atomic E-state index is 3.59. The quantitative estimate of drug-likeness (QED) is 0.712. The molecule has 0 spiro atoms. The third kappa shape index (κ3) is 5.19. The molecule has 18 heavy (non-hydrogen) atoms. The van der Waals surface area contributed by atoms with Gasteiger partial charge in [0.05, 0.1) is 0 Å². The van der Waals surface area contributed by atoms with Crippen molar-refractivity contribution in [3.63, 3.8) is 0 Å². The second kappa shape index (κ2) is 8.28. The van der Waals surface area contributed by atoms with E-state index in [1.54, 1.807) is 0 Å². The first-order valence-electron chi connectivity index (χ1n) is 7.09. The second-order valence-corrected chi connectivity index (χ2v) is 5.36. The standard InChI is InChI=1S/C16H28N2/c1-5-18(4)12-11-17-13-16(14(2)3)15-9-7-6-8-10-15/h6-10,14,16-17H,5,11-13H2,1-4H3. The van der Waals surface area contributed by atoms with Gasteiger partial charge in [-0.25, -0.2) is 0 Å². The van der Waals surface area contributed by atoms with E-state index in [1.165, 1.54) is 5.56 Å². The number of hydrogen-bond acceptors (Lipinski definition) is 2. The zero-order valence-electron chi connectivity index (χ0n) is 12.3. The third-order valence-corrected chi connectivity index (χ3v) is 3.61. The molecule has 0 radical (unpaired) electrons. The molecule has 0 saturated carbocycles. The van der Waals surface area contributed by atoms with Gasteiger partial charge in [0.1, 0.15) is 0 Å². The Morgan fingerprint density at radius 2 is 1.83 bits per heavy atom. The molecular weight excluding hydrogens is 220 g/mol. The van der Waals surface area contributed by atoms with Crippen molar-refractivity contribution in [2.45, 2.75) is 26.7 Å². The van der Waals surface area contributed by atoms with Gasteiger partial charge in [-0.05, 0) is 31.0 Å². The van der Waals surface area contributed by atoms with E-state index in [-0.39, 0.29) is 0 Å². The summed E-state index contributed by atoms with van der Waals surface area (Å²) < 4.78 is 0. The topological polar surface area (TPSA) is 15.3 Å². The number of benzene rings is 1. The predicted molar refractivity (Wildman–Crippen MR) is 80.1 cm³/mol. The first-order valence-corrected chi connectivity index (χ1v) is 7.09. The molecule has 0 aliphatic rings. The monoisotopic (exact) mass is 248 g/mol. The lowest BCUT2D eigenvalue weighted by molar-refractivity contribution is 0.343. The Hall–Kier alpha value is -0.860. The normalized spacial score (nSPS) is 13.2. The van der Waals surface area contributed by atoms with Crippen molar-refractivity contribution in [1.82, 2.24) is 10.2 Å². The Labute approximate surface area is 112 Å². The number of rotatable bonds is 8. The summed E-state index contributed by atoms with van der Waals surface area (Å²) in [6.07, 6.45) is 0. The van der Waals surface area contributed by atoms with Gasteiger partial charge in [0.2, 0.25) is 0 Å². The molecule has 1 rings (SSSR count). The summed E-state index contributed by atoms with van der Waals surface area (Å²) in [4.78, 5) is 2.33. The van der Waals surface area contributed by atoms with Crippen LogP contribution in [0.15, 0.2) is 30.3 Å². The summed E-state index contributed by atoms with van der Waals surface area (Å²) in [5, 5.41) is 3.59. The van der Waals surface area contributed by atoms with Crippen molar-refractivity contribution < 1.29 is 0 Å². The van der Waals surface area contributed by atoms with Gasteiger partial charge in [-0.15, -0.1) is 0 Å². The van der Waals surface area contributed by atoms with Crippen LogP contribution < -0.4 is 5.32 Å². The summed E-state index contributed by atoms with van der Waals surface area (Å²) in [5.74, 6) is 1.28. The maximum absolute atomic E-state index is 3.59. The van der Waals surface area contributed by atoms with E-state index < -0.39 is 0 Å². The fourth-order valence-electron chi connectivity index (χ4n) is 2.12. The van der Waals surface area contributed by atoms with Crippen LogP contribution in [0, 0.1) is 5.92 Å². The largest absolute Gasteiger partial charge is 0.315 e. The van der Waals surface area contributed by atoms with E-state index in [0.29, 0.717) is 11.8 Å². The van der Waals surface area contributed by atoms with Gasteiger partial charge in [-0.2, -0.15) is 0 Å². The fourth-order valence-corrected chi connectivity index (χ4v) is 2.12. The van der Waals surface area contributed by atoms with Crippen molar-refractivity contribution in [1.29, 1.82) is 0 Å². The molecule has 0 bridgehead atoms. The Morgan fingerprint density at radius 1 is 1.17 bits per heavy atom. The highest BCUT2D eigenvalue weighted by Gasteiger charge is 2.14. The summed E-state index contributed by atoms with van der Waals surface area (Å²) in [6.45, 7) is 11.2. The fraction of sp³-hybridized carbons (Fsp3) is 0.625. The molecule has 2 nitrogen and oxygen atoms in total. The number of nitrogens with one attached hydrogen (secondary N) is 1. The Kier molecular flexibility index (Phi) is 6.99. The molecule has 0 aromatic heterocycles. The smallest absolute Gasteiger partial charge is 0.0104 e. The molecule has 0 aliphatic carbocycles. The van der Waals surface area contributed by atoms with Crippen LogP contribution in [0.3, 0.4) is 0 Å². The summed E-state index contributed by atoms with van der Waals surface area (Å²) >= 11 is 0. The average molecular weight is 248 g/mol. The number of likely N-dealkylation sites (N-methyl/N-ethyl adjacent to an activating group) is 1. The zero-order valence-corrected chi connectivity index (χ0v) is 12.3. The molecule has 0 saturated heterocycles. The number of nitrogens with zero attached hydrogens (tertiary/aromatic N) is 1. The van der Waals surface area contributed by atoms with E-state index in [9.17, 15) is 0 Å². The van der Waals surface area contributed by atoms with E-state index in [1.807, 2.05) is 0 Å². The van der Waals surface area contributed by atoms with E-state index >= 15 is 0 Å². The minimum atomic E-state index is 0.609. The van der Waals surface area contributed by atoms with Gasteiger partial charge >= 0.3 is 0 Å². The third-order valence-electron chi connectivity index (χ3n) is 3.61. The first kappa shape index (κ1) is 15.2. The van der Waals surface area contributed by atoms with Crippen LogP contribution in [0.1, 0.15) is 32.3 Å². The Morgan fingerprint density at radius 3 is 2.39 bits per heavy atom. The van der Waals surface area contributed by atoms with Crippen molar-refractivity contribution in [2.75, 3.05) is 33.2 Å². The minimum Gasteiger partial charge on any atom is -0.315 e. The molecule has 0 fully saturated rings. The SMILES string of the molecule is CCN(C)CCNCC(c1ccccc1)C(C)C. The van der Waals surface area contributed by atoms with Crippen LogP contribution in [0.25, 0.3) is 0 Å². The van der Waals surface area contributed by atoms with Crippen molar-refractivity contribution in [3.05, 3.63) is 35.9 Å². The lowest BCUT2D eigenvalue weighted by Gasteiger charge is -2.23. The first-order chi connectivity index (χ1) is 8.65. The predicted octanol–water partition coefficient (Wildman–Crippen LogP) is 2.97. The molecular formula is C16H28N2. The van der Waals surface area contributed by atoms with Crippen LogP contribution in [0.5, 0.6) is 0 Å². The zero-order chi connectivity index (χ0) is 13.4. The molecule has 1 atom stereocenters. The van der Waals surface area contributed by atoms with E-state index in [4.69, 9.17) is 0 Å². The summed E-state index contributed by atoms with van der Waals surface area (Å²) in [7, 11) is 2.17. The highest BCUT2D eigenvalue weighted by molar-refractivity contribution is 5.20. The van der Waals surface area contributed by atoms with Gasteiger partial charge < -0.3 is 10.2 Å². The van der Waals surface area contributed by atoms with Crippen molar-refractivity contribution in [2.24, 2.45) is 5.92 Å². The van der Waals surface area contributed by atoms with Gasteiger partial charge in [0.25, 0.3) is 0 Å². The molecule has 102 valence electrons. The molecule has 0 aliphatic heterocycles. The second-order valence-electron chi connectivity index (χ2n) is 5.36. The van der Waals surface area contributed by atoms with Gasteiger partial charge in [-0.3, -0.25) is 0 Å². The number of hydrogen-bond donors (Lipinski definition) is 1. The highest BCUT2D eigenvalue weighted by Crippen LogP contribution is 2.23.